The molecule has 2 atom stereocenters. The molecule has 1 N–H and O–H groups in total. The highest BCUT2D eigenvalue weighted by molar-refractivity contribution is 7.99. The van der Waals surface area contributed by atoms with Crippen LogP contribution in [0.15, 0.2) is 23.1 Å². The average molecular weight is 285 g/mol. The van der Waals surface area contributed by atoms with Crippen molar-refractivity contribution in [2.45, 2.75) is 37.2 Å². The summed E-state index contributed by atoms with van der Waals surface area (Å²) in [6, 6.07) is 6.22. The number of nitrogens with one attached hydrogen (secondary N) is 1. The molecule has 18 heavy (non-hydrogen) atoms. The molecule has 1 aromatic carbocycles. The van der Waals surface area contributed by atoms with Crippen LogP contribution < -0.4 is 5.32 Å². The van der Waals surface area contributed by atoms with E-state index < -0.39 is 0 Å². The molecule has 2 unspecified atom stereocenters. The maximum atomic E-state index is 13.7. The summed E-state index contributed by atoms with van der Waals surface area (Å²) in [5.41, 5.74) is 1.14. The van der Waals surface area contributed by atoms with E-state index in [1.54, 1.807) is 17.8 Å². The summed E-state index contributed by atoms with van der Waals surface area (Å²) in [6.45, 7) is 4.39. The molecular weight excluding hydrogens is 265 g/mol. The molecule has 1 heterocycles. The predicted molar refractivity (Wildman–Crippen MR) is 80.1 cm³/mol. The predicted octanol–water partition coefficient (Wildman–Crippen LogP) is 4.09. The van der Waals surface area contributed by atoms with Crippen LogP contribution in [0.25, 0.3) is 0 Å². The summed E-state index contributed by atoms with van der Waals surface area (Å²) in [5, 5.41) is 3.64. The first-order valence-electron chi connectivity index (χ1n) is 6.47. The molecule has 1 aliphatic heterocycles. The van der Waals surface area contributed by atoms with Crippen molar-refractivity contribution in [3.8, 4) is 0 Å². The molecule has 1 aliphatic rings. The van der Waals surface area contributed by atoms with Gasteiger partial charge in [0, 0.05) is 22.7 Å². The Balaban J connectivity index is 2.06. The van der Waals surface area contributed by atoms with Crippen LogP contribution in [-0.4, -0.2) is 23.3 Å². The van der Waals surface area contributed by atoms with E-state index in [0.29, 0.717) is 12.1 Å². The van der Waals surface area contributed by atoms with Gasteiger partial charge < -0.3 is 5.32 Å². The highest BCUT2D eigenvalue weighted by atomic mass is 32.2. The van der Waals surface area contributed by atoms with Gasteiger partial charge in [0.25, 0.3) is 0 Å². The summed E-state index contributed by atoms with van der Waals surface area (Å²) < 4.78 is 13.7. The van der Waals surface area contributed by atoms with E-state index >= 15 is 0 Å². The van der Waals surface area contributed by atoms with Crippen LogP contribution in [-0.2, 0) is 0 Å². The van der Waals surface area contributed by atoms with Crippen molar-refractivity contribution in [2.24, 2.45) is 0 Å². The molecule has 0 fully saturated rings. The van der Waals surface area contributed by atoms with Crippen molar-refractivity contribution in [1.82, 2.24) is 5.32 Å². The molecule has 0 amide bonds. The lowest BCUT2D eigenvalue weighted by atomic mass is 10.0. The van der Waals surface area contributed by atoms with Gasteiger partial charge in [0.15, 0.2) is 0 Å². The molecule has 0 saturated carbocycles. The van der Waals surface area contributed by atoms with Crippen LogP contribution in [0.4, 0.5) is 4.39 Å². The SMILES string of the molecule is CCSCC(C)NC1CCSc2c(F)cccc21. The maximum absolute atomic E-state index is 13.7. The van der Waals surface area contributed by atoms with Crippen molar-refractivity contribution in [2.75, 3.05) is 17.3 Å². The smallest absolute Gasteiger partial charge is 0.137 e. The Morgan fingerprint density at radius 3 is 3.17 bits per heavy atom. The zero-order chi connectivity index (χ0) is 13.0. The number of fused-ring (bicyclic) bond motifs is 1. The zero-order valence-electron chi connectivity index (χ0n) is 10.9. The average Bonchev–Trinajstić information content (AvgIpc) is 2.38. The minimum absolute atomic E-state index is 0.0698. The van der Waals surface area contributed by atoms with Gasteiger partial charge in [0.05, 0.1) is 0 Å². The summed E-state index contributed by atoms with van der Waals surface area (Å²) >= 11 is 3.59. The third-order valence-electron chi connectivity index (χ3n) is 3.08. The van der Waals surface area contributed by atoms with Crippen LogP contribution in [0.2, 0.25) is 0 Å². The van der Waals surface area contributed by atoms with Gasteiger partial charge in [-0.3, -0.25) is 0 Å². The maximum Gasteiger partial charge on any atom is 0.137 e. The number of hydrogen-bond donors (Lipinski definition) is 1. The summed E-state index contributed by atoms with van der Waals surface area (Å²) in [6.07, 6.45) is 1.09. The van der Waals surface area contributed by atoms with E-state index in [0.717, 1.165) is 34.1 Å². The first-order chi connectivity index (χ1) is 8.72. The van der Waals surface area contributed by atoms with Crippen molar-refractivity contribution in [3.05, 3.63) is 29.6 Å². The number of benzene rings is 1. The van der Waals surface area contributed by atoms with Crippen LogP contribution >= 0.6 is 23.5 Å². The zero-order valence-corrected chi connectivity index (χ0v) is 12.5. The van der Waals surface area contributed by atoms with E-state index in [2.05, 4.69) is 25.2 Å². The van der Waals surface area contributed by atoms with E-state index in [1.807, 2.05) is 17.8 Å². The second-order valence-electron chi connectivity index (χ2n) is 4.58. The highest BCUT2D eigenvalue weighted by Crippen LogP contribution is 2.37. The largest absolute Gasteiger partial charge is 0.307 e. The minimum Gasteiger partial charge on any atom is -0.307 e. The van der Waals surface area contributed by atoms with Gasteiger partial charge in [-0.2, -0.15) is 11.8 Å². The number of hydrogen-bond acceptors (Lipinski definition) is 3. The quantitative estimate of drug-likeness (QED) is 0.875. The summed E-state index contributed by atoms with van der Waals surface area (Å²) in [5.74, 6) is 3.20. The fourth-order valence-corrected chi connectivity index (χ4v) is 4.07. The fraction of sp³-hybridized carbons (Fsp3) is 0.571. The molecular formula is C14H20FNS2. The Labute approximate surface area is 117 Å². The van der Waals surface area contributed by atoms with Crippen LogP contribution in [0.3, 0.4) is 0 Å². The van der Waals surface area contributed by atoms with E-state index in [-0.39, 0.29) is 5.82 Å². The van der Waals surface area contributed by atoms with Crippen molar-refractivity contribution < 1.29 is 4.39 Å². The molecule has 1 aromatic rings. The Kier molecular flexibility index (Phi) is 5.39. The Morgan fingerprint density at radius 2 is 2.39 bits per heavy atom. The van der Waals surface area contributed by atoms with Crippen molar-refractivity contribution >= 4 is 23.5 Å². The Morgan fingerprint density at radius 1 is 1.56 bits per heavy atom. The van der Waals surface area contributed by atoms with Gasteiger partial charge in [-0.1, -0.05) is 19.1 Å². The van der Waals surface area contributed by atoms with Crippen molar-refractivity contribution in [3.63, 3.8) is 0 Å². The normalized spacial score (nSPS) is 20.5. The second-order valence-corrected chi connectivity index (χ2v) is 7.00. The molecule has 0 aromatic heterocycles. The molecule has 0 spiro atoms. The number of thioether (sulfide) groups is 2. The molecule has 0 bridgehead atoms. The lowest BCUT2D eigenvalue weighted by Gasteiger charge is -2.29. The first-order valence-corrected chi connectivity index (χ1v) is 8.61. The molecule has 0 aliphatic carbocycles. The molecule has 100 valence electrons. The second kappa shape index (κ2) is 6.83. The third-order valence-corrected chi connectivity index (χ3v) is 5.39. The van der Waals surface area contributed by atoms with Gasteiger partial charge in [-0.05, 0) is 36.5 Å². The molecule has 2 rings (SSSR count). The molecule has 4 heteroatoms. The molecule has 0 saturated heterocycles. The lowest BCUT2D eigenvalue weighted by molar-refractivity contribution is 0.456. The molecule has 0 radical (unpaired) electrons. The van der Waals surface area contributed by atoms with Crippen LogP contribution in [0.5, 0.6) is 0 Å². The topological polar surface area (TPSA) is 12.0 Å². The standard InChI is InChI=1S/C14H20FNS2/c1-3-17-9-10(2)16-13-7-8-18-14-11(13)5-4-6-12(14)15/h4-6,10,13,16H,3,7-9H2,1-2H3. The Bertz CT molecular complexity index is 397. The summed E-state index contributed by atoms with van der Waals surface area (Å²) in [4.78, 5) is 0.844. The number of rotatable bonds is 5. The lowest BCUT2D eigenvalue weighted by Crippen LogP contribution is -2.34. The minimum atomic E-state index is -0.0698. The third kappa shape index (κ3) is 3.43. The summed E-state index contributed by atoms with van der Waals surface area (Å²) in [7, 11) is 0. The monoisotopic (exact) mass is 285 g/mol. The van der Waals surface area contributed by atoms with E-state index in [4.69, 9.17) is 0 Å². The van der Waals surface area contributed by atoms with Gasteiger partial charge in [0.2, 0.25) is 0 Å². The van der Waals surface area contributed by atoms with Gasteiger partial charge in [-0.25, -0.2) is 4.39 Å². The highest BCUT2D eigenvalue weighted by Gasteiger charge is 2.23. The van der Waals surface area contributed by atoms with Crippen LogP contribution in [0, 0.1) is 5.82 Å². The van der Waals surface area contributed by atoms with Crippen molar-refractivity contribution in [1.29, 1.82) is 0 Å². The van der Waals surface area contributed by atoms with Gasteiger partial charge in [-0.15, -0.1) is 11.8 Å². The van der Waals surface area contributed by atoms with Gasteiger partial charge >= 0.3 is 0 Å². The van der Waals surface area contributed by atoms with Gasteiger partial charge in [0.1, 0.15) is 5.82 Å². The fourth-order valence-electron chi connectivity index (χ4n) is 2.25. The first kappa shape index (κ1) is 14.2. The van der Waals surface area contributed by atoms with E-state index in [1.165, 1.54) is 0 Å². The molecule has 1 nitrogen and oxygen atoms in total. The Hall–Kier alpha value is -0.190. The number of halogens is 1. The van der Waals surface area contributed by atoms with E-state index in [9.17, 15) is 4.39 Å². The van der Waals surface area contributed by atoms with Crippen LogP contribution in [0.1, 0.15) is 31.9 Å².